The minimum absolute atomic E-state index is 0.0262. The Morgan fingerprint density at radius 2 is 1.15 bits per heavy atom. The third-order valence-corrected chi connectivity index (χ3v) is 96.8. The van der Waals surface area contributed by atoms with Crippen LogP contribution in [0.1, 0.15) is 12.8 Å². The van der Waals surface area contributed by atoms with Gasteiger partial charge < -0.3 is 5.32 Å². The SMILES string of the molecule is CNC=CC=CC=CC=CC=CCCC=CC=NP(P(P(P)P)P(P)P)P(P(P)P)P(P)PP. The predicted molar refractivity (Wildman–Crippen MR) is 216 cm³/mol. The van der Waals surface area contributed by atoms with E-state index in [9.17, 15) is 0 Å². The van der Waals surface area contributed by atoms with Crippen molar-refractivity contribution in [3.63, 3.8) is 0 Å². The Labute approximate surface area is 236 Å². The topological polar surface area (TPSA) is 24.4 Å². The molecule has 0 radical (unpaired) electrons. The van der Waals surface area contributed by atoms with Crippen LogP contribution in [0.4, 0.5) is 0 Å². The smallest absolute Gasteiger partial charge is 0.0837 e. The summed E-state index contributed by atoms with van der Waals surface area (Å²) in [7, 11) is 27.4. The molecule has 0 aliphatic rings. The van der Waals surface area contributed by atoms with Crippen molar-refractivity contribution in [2.45, 2.75) is 12.8 Å². The Balaban J connectivity index is 4.87. The number of hydrogen-bond acceptors (Lipinski definition) is 2. The molecular formula is C16H38N2P16. The summed E-state index contributed by atoms with van der Waals surface area (Å²) in [6.45, 7) is -0.559. The second-order valence-electron chi connectivity index (χ2n) is 5.92. The Hall–Kier alpha value is 4.79. The Bertz CT molecular complexity index is 710. The van der Waals surface area contributed by atoms with Crippen LogP contribution in [0.5, 0.6) is 0 Å². The van der Waals surface area contributed by atoms with Gasteiger partial charge >= 0.3 is 0 Å². The highest BCUT2D eigenvalue weighted by molar-refractivity contribution is 9.25. The maximum Gasteiger partial charge on any atom is 0.0837 e. The van der Waals surface area contributed by atoms with Gasteiger partial charge in [0.25, 0.3) is 0 Å². The molecule has 2 nitrogen and oxygen atoms in total. The van der Waals surface area contributed by atoms with Crippen molar-refractivity contribution < 1.29 is 0 Å². The van der Waals surface area contributed by atoms with Crippen molar-refractivity contribution in [1.82, 2.24) is 5.32 Å². The van der Waals surface area contributed by atoms with E-state index in [-0.39, 0.29) is 49.4 Å². The Morgan fingerprint density at radius 1 is 0.676 bits per heavy atom. The van der Waals surface area contributed by atoms with Crippen LogP contribution in [0.3, 0.4) is 0 Å². The molecular weight excluding hydrogens is 716 g/mol. The molecule has 0 aromatic heterocycles. The van der Waals surface area contributed by atoms with Crippen molar-refractivity contribution in [2.24, 2.45) is 4.76 Å². The maximum atomic E-state index is 5.28. The van der Waals surface area contributed by atoms with Gasteiger partial charge in [-0.2, -0.15) is 0 Å². The summed E-state index contributed by atoms with van der Waals surface area (Å²) in [6, 6.07) is 0. The van der Waals surface area contributed by atoms with Crippen LogP contribution in [0.15, 0.2) is 77.8 Å². The molecule has 0 saturated heterocycles. The minimum atomic E-state index is -0.324. The molecule has 0 aromatic carbocycles. The van der Waals surface area contributed by atoms with E-state index < -0.39 is 0 Å². The van der Waals surface area contributed by atoms with Gasteiger partial charge in [0.15, 0.2) is 0 Å². The fraction of sp³-hybridized carbons (Fsp3) is 0.188. The van der Waals surface area contributed by atoms with Gasteiger partial charge in [-0.1, -0.05) is 62.6 Å². The zero-order valence-corrected chi connectivity index (χ0v) is 35.6. The molecule has 1 N–H and O–H groups in total. The lowest BCUT2D eigenvalue weighted by atomic mass is 10.2. The van der Waals surface area contributed by atoms with Crippen LogP contribution in [-0.2, 0) is 0 Å². The normalized spacial score (nSPS) is 17.0. The summed E-state index contributed by atoms with van der Waals surface area (Å²) in [4.78, 5) is 0. The summed E-state index contributed by atoms with van der Waals surface area (Å²) < 4.78 is 5.28. The lowest BCUT2D eigenvalue weighted by Gasteiger charge is -2.39. The predicted octanol–water partition coefficient (Wildman–Crippen LogP) is 13.0. The first-order chi connectivity index (χ1) is 16.3. The number of rotatable bonds is 17. The summed E-state index contributed by atoms with van der Waals surface area (Å²) in [6.07, 6.45) is 29.0. The Kier molecular flexibility index (Phi) is 30.4. The van der Waals surface area contributed by atoms with E-state index >= 15 is 0 Å². The fourth-order valence-electron chi connectivity index (χ4n) is 1.97. The molecule has 0 spiro atoms. The van der Waals surface area contributed by atoms with Crippen LogP contribution >= 0.6 is 129 Å². The fourth-order valence-corrected chi connectivity index (χ4v) is 149. The van der Waals surface area contributed by atoms with Gasteiger partial charge in [0, 0.05) is 27.2 Å². The maximum absolute atomic E-state index is 5.28. The molecule has 0 bridgehead atoms. The average Bonchev–Trinajstić information content (AvgIpc) is 2.77. The molecule has 0 aliphatic carbocycles. The first kappa shape index (κ1) is 38.8. The van der Waals surface area contributed by atoms with Crippen LogP contribution in [-0.4, -0.2) is 13.3 Å². The number of hydrogen-bond donors (Lipinski definition) is 1. The Morgan fingerprint density at radius 3 is 1.62 bits per heavy atom. The van der Waals surface area contributed by atoms with E-state index in [4.69, 9.17) is 4.76 Å². The summed E-state index contributed by atoms with van der Waals surface area (Å²) in [5, 5.41) is 2.95. The van der Waals surface area contributed by atoms with Crippen LogP contribution < -0.4 is 5.32 Å². The van der Waals surface area contributed by atoms with Crippen molar-refractivity contribution >= 4 is 135 Å². The molecule has 18 heteroatoms. The van der Waals surface area contributed by atoms with E-state index in [1.807, 2.05) is 49.7 Å². The van der Waals surface area contributed by atoms with E-state index in [0.717, 1.165) is 20.8 Å². The van der Waals surface area contributed by atoms with Crippen LogP contribution in [0.25, 0.3) is 0 Å². The molecule has 0 aliphatic heterocycles. The summed E-state index contributed by atoms with van der Waals surface area (Å²) >= 11 is 0. The number of nitrogens with one attached hydrogen (secondary N) is 1. The van der Waals surface area contributed by atoms with E-state index in [1.165, 1.54) is 0 Å². The van der Waals surface area contributed by atoms with Crippen LogP contribution in [0, 0.1) is 0 Å². The van der Waals surface area contributed by atoms with Crippen molar-refractivity contribution in [1.29, 1.82) is 0 Å². The number of unbranched alkanes of at least 4 members (excludes halogenated alkanes) is 1. The summed E-state index contributed by atoms with van der Waals surface area (Å²) in [5.74, 6) is 0. The van der Waals surface area contributed by atoms with Crippen molar-refractivity contribution in [3.05, 3.63) is 73.0 Å². The van der Waals surface area contributed by atoms with E-state index in [1.54, 1.807) is 0 Å². The first-order valence-corrected chi connectivity index (χ1v) is 38.3. The second kappa shape index (κ2) is 26.7. The lowest BCUT2D eigenvalue weighted by Crippen LogP contribution is -1.89. The molecule has 0 saturated carbocycles. The molecule has 12 unspecified atom stereocenters. The molecule has 0 amide bonds. The van der Waals surface area contributed by atoms with Gasteiger partial charge in [0.2, 0.25) is 0 Å². The van der Waals surface area contributed by atoms with Crippen molar-refractivity contribution in [3.8, 4) is 0 Å². The molecule has 0 heterocycles. The van der Waals surface area contributed by atoms with E-state index in [2.05, 4.69) is 113 Å². The van der Waals surface area contributed by atoms with Gasteiger partial charge in [-0.15, -0.1) is 71.4 Å². The monoisotopic (exact) mass is 754 g/mol. The average molecular weight is 754 g/mol. The molecule has 12 atom stereocenters. The van der Waals surface area contributed by atoms with Gasteiger partial charge in [-0.05, 0) is 59.1 Å². The zero-order valence-electron chi connectivity index (χ0n) is 19.1. The van der Waals surface area contributed by atoms with Crippen LogP contribution in [0.2, 0.25) is 0 Å². The highest BCUT2D eigenvalue weighted by Gasteiger charge is 2.38. The molecule has 0 rings (SSSR count). The highest BCUT2D eigenvalue weighted by atomic mass is 33.3. The number of allylic oxidation sites excluding steroid dienone is 11. The quantitative estimate of drug-likeness (QED) is 0.0680. The molecule has 34 heavy (non-hydrogen) atoms. The largest absolute Gasteiger partial charge is 0.394 e. The van der Waals surface area contributed by atoms with Gasteiger partial charge in [-0.25, -0.2) is 0 Å². The third kappa shape index (κ3) is 19.8. The zero-order chi connectivity index (χ0) is 25.8. The molecule has 0 aromatic rings. The minimum Gasteiger partial charge on any atom is -0.394 e. The van der Waals surface area contributed by atoms with Gasteiger partial charge in [0.1, 0.15) is 0 Å². The van der Waals surface area contributed by atoms with Gasteiger partial charge in [-0.3, -0.25) is 4.76 Å². The first-order valence-electron chi connectivity index (χ1n) is 9.75. The highest BCUT2D eigenvalue weighted by Crippen LogP contribution is 3.22. The van der Waals surface area contributed by atoms with Crippen molar-refractivity contribution in [2.75, 3.05) is 7.05 Å². The summed E-state index contributed by atoms with van der Waals surface area (Å²) in [5.41, 5.74) is 0. The van der Waals surface area contributed by atoms with Gasteiger partial charge in [0.05, 0.1) is 7.45 Å². The van der Waals surface area contributed by atoms with E-state index in [0.29, 0.717) is 0 Å². The third-order valence-electron chi connectivity index (χ3n) is 3.33. The molecule has 192 valence electrons. The lowest BCUT2D eigenvalue weighted by molar-refractivity contribution is 1.05. The molecule has 0 fully saturated rings. The standard InChI is InChI=1S/C16H38N2P16/c1-17-15-13-11-9-7-5-3-2-4-6-8-10-12-14-16-18-28(33(29(20)21)30(22)23)34(31(24)25)32(26)27-19/h2-7,9,11-17,27H,8,10,19-26H2,1H3. The second-order valence-corrected chi connectivity index (χ2v) is 65.8. The number of nitrogens with zero attached hydrogens (tertiary/aromatic N) is 1.